The molecule has 2 atom stereocenters. The lowest BCUT2D eigenvalue weighted by Gasteiger charge is -2.17. The smallest absolute Gasteiger partial charge is 0.291 e. The van der Waals surface area contributed by atoms with Crippen LogP contribution in [0.3, 0.4) is 0 Å². The summed E-state index contributed by atoms with van der Waals surface area (Å²) in [5.74, 6) is 0.849. The Kier molecular flexibility index (Phi) is 9.17. The van der Waals surface area contributed by atoms with Crippen molar-refractivity contribution >= 4 is 53.3 Å². The third kappa shape index (κ3) is 6.44. The first-order valence-corrected chi connectivity index (χ1v) is 10.4. The number of guanidine groups is 1. The molecule has 1 saturated carbocycles. The molecular formula is C20H27IN4O2S. The molecule has 0 spiro atoms. The average Bonchev–Trinajstić information content (AvgIpc) is 3.37. The molecule has 1 amide bonds. The Hall–Kier alpha value is -1.68. The maximum Gasteiger partial charge on any atom is 0.291 e. The minimum absolute atomic E-state index is 0. The van der Waals surface area contributed by atoms with Gasteiger partial charge in [-0.2, -0.15) is 11.8 Å². The molecule has 152 valence electrons. The van der Waals surface area contributed by atoms with Crippen LogP contribution in [-0.4, -0.2) is 36.5 Å². The van der Waals surface area contributed by atoms with Gasteiger partial charge in [0, 0.05) is 30.6 Å². The molecule has 2 unspecified atom stereocenters. The van der Waals surface area contributed by atoms with Gasteiger partial charge in [-0.3, -0.25) is 9.79 Å². The zero-order valence-electron chi connectivity index (χ0n) is 16.1. The van der Waals surface area contributed by atoms with Crippen LogP contribution in [0.2, 0.25) is 0 Å². The Bertz CT molecular complexity index is 782. The van der Waals surface area contributed by atoms with Crippen LogP contribution in [0.5, 0.6) is 0 Å². The van der Waals surface area contributed by atoms with E-state index < -0.39 is 0 Å². The van der Waals surface area contributed by atoms with E-state index in [-0.39, 0.29) is 29.9 Å². The van der Waals surface area contributed by atoms with Gasteiger partial charge in [0.15, 0.2) is 11.7 Å². The third-order valence-corrected chi connectivity index (χ3v) is 5.77. The fraction of sp³-hybridized carbons (Fsp3) is 0.400. The summed E-state index contributed by atoms with van der Waals surface area (Å²) in [7, 11) is 1.79. The molecule has 1 fully saturated rings. The van der Waals surface area contributed by atoms with Gasteiger partial charge in [-0.05, 0) is 55.3 Å². The van der Waals surface area contributed by atoms with Gasteiger partial charge in [0.05, 0.1) is 6.26 Å². The number of hydrogen-bond donors (Lipinski definition) is 3. The number of carbonyl (C=O) groups is 1. The average molecular weight is 514 g/mol. The molecular weight excluding hydrogens is 487 g/mol. The maximum atomic E-state index is 12.1. The molecule has 0 aliphatic heterocycles. The second kappa shape index (κ2) is 11.4. The van der Waals surface area contributed by atoms with Crippen molar-refractivity contribution in [2.75, 3.05) is 18.6 Å². The van der Waals surface area contributed by atoms with Gasteiger partial charge in [-0.15, -0.1) is 24.0 Å². The highest BCUT2D eigenvalue weighted by molar-refractivity contribution is 14.0. The summed E-state index contributed by atoms with van der Waals surface area (Å²) in [4.78, 5) is 16.4. The predicted octanol–water partition coefficient (Wildman–Crippen LogP) is 4.10. The summed E-state index contributed by atoms with van der Waals surface area (Å²) in [6.45, 7) is 0.628. The summed E-state index contributed by atoms with van der Waals surface area (Å²) in [6.07, 6.45) is 7.28. The van der Waals surface area contributed by atoms with Crippen LogP contribution in [0.15, 0.2) is 52.1 Å². The van der Waals surface area contributed by atoms with Gasteiger partial charge in [-0.25, -0.2) is 0 Å². The second-order valence-electron chi connectivity index (χ2n) is 6.57. The van der Waals surface area contributed by atoms with Gasteiger partial charge in [0.25, 0.3) is 5.91 Å². The van der Waals surface area contributed by atoms with Crippen LogP contribution in [0.1, 0.15) is 35.4 Å². The van der Waals surface area contributed by atoms with Gasteiger partial charge < -0.3 is 20.4 Å². The number of nitrogens with zero attached hydrogens (tertiary/aromatic N) is 1. The van der Waals surface area contributed by atoms with E-state index in [0.717, 1.165) is 22.5 Å². The van der Waals surface area contributed by atoms with Crippen molar-refractivity contribution in [1.29, 1.82) is 0 Å². The van der Waals surface area contributed by atoms with Crippen LogP contribution in [-0.2, 0) is 6.54 Å². The van der Waals surface area contributed by atoms with Gasteiger partial charge in [0.2, 0.25) is 0 Å². The van der Waals surface area contributed by atoms with Crippen molar-refractivity contribution in [1.82, 2.24) is 10.6 Å². The number of rotatable bonds is 6. The minimum atomic E-state index is -0.257. The molecule has 1 heterocycles. The Morgan fingerprint density at radius 1 is 1.29 bits per heavy atom. The van der Waals surface area contributed by atoms with E-state index in [9.17, 15) is 4.79 Å². The molecule has 8 heteroatoms. The van der Waals surface area contributed by atoms with Crippen LogP contribution in [0.25, 0.3) is 0 Å². The van der Waals surface area contributed by atoms with E-state index in [4.69, 9.17) is 4.42 Å². The lowest BCUT2D eigenvalue weighted by Crippen LogP contribution is -2.42. The second-order valence-corrected chi connectivity index (χ2v) is 7.71. The van der Waals surface area contributed by atoms with E-state index in [1.807, 2.05) is 36.0 Å². The van der Waals surface area contributed by atoms with Gasteiger partial charge in [0.1, 0.15) is 0 Å². The molecule has 2 aromatic rings. The number of furan rings is 1. The van der Waals surface area contributed by atoms with Crippen molar-refractivity contribution in [2.24, 2.45) is 4.99 Å². The Balaban J connectivity index is 0.00000280. The number of amides is 1. The zero-order chi connectivity index (χ0) is 19.1. The fourth-order valence-electron chi connectivity index (χ4n) is 3.22. The number of benzene rings is 1. The monoisotopic (exact) mass is 514 g/mol. The summed E-state index contributed by atoms with van der Waals surface area (Å²) in [5, 5.41) is 10.5. The van der Waals surface area contributed by atoms with Crippen LogP contribution in [0, 0.1) is 0 Å². The largest absolute Gasteiger partial charge is 0.459 e. The highest BCUT2D eigenvalue weighted by Gasteiger charge is 2.24. The first-order valence-electron chi connectivity index (χ1n) is 9.11. The molecule has 28 heavy (non-hydrogen) atoms. The lowest BCUT2D eigenvalue weighted by molar-refractivity contribution is 0.0996. The topological polar surface area (TPSA) is 78.7 Å². The van der Waals surface area contributed by atoms with E-state index >= 15 is 0 Å². The Labute approximate surface area is 187 Å². The third-order valence-electron chi connectivity index (χ3n) is 4.67. The summed E-state index contributed by atoms with van der Waals surface area (Å²) >= 11 is 1.94. The molecule has 3 N–H and O–H groups in total. The van der Waals surface area contributed by atoms with Gasteiger partial charge in [-0.1, -0.05) is 12.1 Å². The van der Waals surface area contributed by atoms with Crippen molar-refractivity contribution in [2.45, 2.75) is 37.1 Å². The van der Waals surface area contributed by atoms with Gasteiger partial charge >= 0.3 is 0 Å². The molecule has 0 saturated heterocycles. The fourth-order valence-corrected chi connectivity index (χ4v) is 4.02. The summed E-state index contributed by atoms with van der Waals surface area (Å²) in [5.41, 5.74) is 1.79. The number of hydrogen-bond acceptors (Lipinski definition) is 4. The number of aliphatic imine (C=N–C) groups is 1. The zero-order valence-corrected chi connectivity index (χ0v) is 19.3. The molecule has 0 bridgehead atoms. The number of carbonyl (C=O) groups excluding carboxylic acids is 1. The van der Waals surface area contributed by atoms with Crippen LogP contribution < -0.4 is 16.0 Å². The number of thioether (sulfide) groups is 1. The minimum Gasteiger partial charge on any atom is -0.459 e. The molecule has 0 radical (unpaired) electrons. The molecule has 3 rings (SSSR count). The number of nitrogens with one attached hydrogen (secondary N) is 3. The standard InChI is InChI=1S/C20H26N4O2S.HI/c1-21-20(24-16-8-9-17(12-16)27-2)22-13-14-5-3-6-15(11-14)23-19(25)18-7-4-10-26-18;/h3-7,10-11,16-17H,8-9,12-13H2,1-2H3,(H,23,25)(H2,21,22,24);1H. The van der Waals surface area contributed by atoms with E-state index in [2.05, 4.69) is 27.2 Å². The van der Waals surface area contributed by atoms with Crippen LogP contribution >= 0.6 is 35.7 Å². The SMILES string of the molecule is CN=C(NCc1cccc(NC(=O)c2ccco2)c1)NC1CCC(SC)C1.I. The molecule has 1 aromatic heterocycles. The van der Waals surface area contributed by atoms with Crippen LogP contribution in [0.4, 0.5) is 5.69 Å². The molecule has 1 aromatic carbocycles. The number of halogens is 1. The first-order chi connectivity index (χ1) is 13.2. The summed E-state index contributed by atoms with van der Waals surface area (Å²) in [6, 6.07) is 11.6. The van der Waals surface area contributed by atoms with E-state index in [1.165, 1.54) is 25.5 Å². The predicted molar refractivity (Wildman–Crippen MR) is 127 cm³/mol. The first kappa shape index (κ1) is 22.6. The molecule has 1 aliphatic rings. The Morgan fingerprint density at radius 2 is 2.14 bits per heavy atom. The lowest BCUT2D eigenvalue weighted by atomic mass is 10.2. The van der Waals surface area contributed by atoms with Crippen molar-refractivity contribution in [3.8, 4) is 0 Å². The summed E-state index contributed by atoms with van der Waals surface area (Å²) < 4.78 is 5.12. The quantitative estimate of drug-likeness (QED) is 0.308. The highest BCUT2D eigenvalue weighted by Crippen LogP contribution is 2.28. The Morgan fingerprint density at radius 3 is 2.82 bits per heavy atom. The normalized spacial score (nSPS) is 19.0. The van der Waals surface area contributed by atoms with E-state index in [0.29, 0.717) is 18.3 Å². The molecule has 6 nitrogen and oxygen atoms in total. The van der Waals surface area contributed by atoms with Crippen molar-refractivity contribution in [3.63, 3.8) is 0 Å². The highest BCUT2D eigenvalue weighted by atomic mass is 127. The van der Waals surface area contributed by atoms with Crippen molar-refractivity contribution in [3.05, 3.63) is 54.0 Å². The van der Waals surface area contributed by atoms with Crippen molar-refractivity contribution < 1.29 is 9.21 Å². The maximum absolute atomic E-state index is 12.1. The molecule has 1 aliphatic carbocycles. The van der Waals surface area contributed by atoms with E-state index in [1.54, 1.807) is 19.2 Å². The number of anilines is 1.